The van der Waals surface area contributed by atoms with Gasteiger partial charge in [-0.25, -0.2) is 0 Å². The number of hydrogen-bond acceptors (Lipinski definition) is 4. The van der Waals surface area contributed by atoms with E-state index in [1.54, 1.807) is 12.1 Å². The lowest BCUT2D eigenvalue weighted by molar-refractivity contribution is -0.117. The first-order valence-electron chi connectivity index (χ1n) is 5.71. The van der Waals surface area contributed by atoms with Gasteiger partial charge in [0.1, 0.15) is 5.69 Å². The second-order valence-electron chi connectivity index (χ2n) is 3.89. The third-order valence-corrected chi connectivity index (χ3v) is 2.34. The number of rotatable bonds is 6. The van der Waals surface area contributed by atoms with Crippen LogP contribution in [-0.2, 0) is 9.59 Å². The second-order valence-corrected chi connectivity index (χ2v) is 3.89. The van der Waals surface area contributed by atoms with E-state index in [4.69, 9.17) is 11.5 Å². The first-order valence-corrected chi connectivity index (χ1v) is 5.71. The largest absolute Gasteiger partial charge is 0.366 e. The third kappa shape index (κ3) is 5.17. The second kappa shape index (κ2) is 7.12. The molecule has 1 atom stereocenters. The van der Waals surface area contributed by atoms with Crippen molar-refractivity contribution < 1.29 is 9.59 Å². The lowest BCUT2D eigenvalue weighted by Crippen LogP contribution is -2.36. The fourth-order valence-electron chi connectivity index (χ4n) is 1.35. The summed E-state index contributed by atoms with van der Waals surface area (Å²) in [4.78, 5) is 35.9. The zero-order valence-electron chi connectivity index (χ0n) is 10.3. The molecular weight excluding hydrogens is 248 g/mol. The molecule has 0 aromatic carbocycles. The summed E-state index contributed by atoms with van der Waals surface area (Å²) in [6.07, 6.45) is 5.02. The highest BCUT2D eigenvalue weighted by Gasteiger charge is 2.13. The smallest absolute Gasteiger partial charge is 0.271 e. The summed E-state index contributed by atoms with van der Waals surface area (Å²) in [5, 5.41) is 2.44. The molecule has 0 aliphatic heterocycles. The molecule has 0 aliphatic carbocycles. The van der Waals surface area contributed by atoms with Gasteiger partial charge in [0, 0.05) is 6.20 Å². The van der Waals surface area contributed by atoms with Crippen molar-refractivity contribution in [3.05, 3.63) is 40.8 Å². The molecular formula is C12H16N4O3. The number of carbonyl (C=O) groups is 2. The van der Waals surface area contributed by atoms with E-state index in [0.717, 1.165) is 0 Å². The molecule has 0 unspecified atom stereocenters. The summed E-state index contributed by atoms with van der Waals surface area (Å²) in [5.41, 5.74) is 10.3. The summed E-state index contributed by atoms with van der Waals surface area (Å²) >= 11 is 0. The zero-order valence-corrected chi connectivity index (χ0v) is 10.3. The van der Waals surface area contributed by atoms with Crippen LogP contribution in [0.1, 0.15) is 12.8 Å². The molecule has 0 saturated carbocycles. The summed E-state index contributed by atoms with van der Waals surface area (Å²) in [6, 6.07) is 2.31. The van der Waals surface area contributed by atoms with Crippen LogP contribution >= 0.6 is 0 Å². The van der Waals surface area contributed by atoms with E-state index in [-0.39, 0.29) is 5.69 Å². The van der Waals surface area contributed by atoms with Crippen molar-refractivity contribution >= 4 is 17.5 Å². The maximum absolute atomic E-state index is 11.7. The molecule has 0 aliphatic rings. The van der Waals surface area contributed by atoms with E-state index < -0.39 is 23.4 Å². The molecule has 0 fully saturated rings. The van der Waals surface area contributed by atoms with Gasteiger partial charge in [-0.05, 0) is 31.1 Å². The molecule has 102 valence electrons. The number of allylic oxidation sites excluding steroid dienone is 1. The van der Waals surface area contributed by atoms with Crippen LogP contribution in [0.25, 0.3) is 0 Å². The summed E-state index contributed by atoms with van der Waals surface area (Å²) in [6.45, 7) is 0. The Hall–Kier alpha value is -2.41. The maximum Gasteiger partial charge on any atom is 0.271 e. The molecule has 7 heteroatoms. The highest BCUT2D eigenvalue weighted by atomic mass is 16.2. The fraction of sp³-hybridized carbons (Fsp3) is 0.250. The number of pyridine rings is 1. The van der Waals surface area contributed by atoms with Gasteiger partial charge in [-0.1, -0.05) is 6.08 Å². The average molecular weight is 264 g/mol. The quantitative estimate of drug-likeness (QED) is 0.514. The number of aromatic nitrogens is 1. The monoisotopic (exact) mass is 264 g/mol. The number of primary amides is 1. The Kier molecular flexibility index (Phi) is 5.49. The van der Waals surface area contributed by atoms with Crippen LogP contribution in [0.3, 0.4) is 0 Å². The molecule has 19 heavy (non-hydrogen) atoms. The normalized spacial score (nSPS) is 12.3. The first-order chi connectivity index (χ1) is 9.00. The van der Waals surface area contributed by atoms with E-state index in [9.17, 15) is 14.4 Å². The Morgan fingerprint density at radius 3 is 2.84 bits per heavy atom. The Bertz CT molecular complexity index is 536. The number of anilines is 1. The number of nitrogens with one attached hydrogen (secondary N) is 2. The van der Waals surface area contributed by atoms with Crippen LogP contribution in [-0.4, -0.2) is 22.8 Å². The van der Waals surface area contributed by atoms with Crippen molar-refractivity contribution in [1.29, 1.82) is 0 Å². The molecule has 1 heterocycles. The van der Waals surface area contributed by atoms with Crippen molar-refractivity contribution in [3.63, 3.8) is 0 Å². The average Bonchev–Trinajstić information content (AvgIpc) is 2.36. The predicted molar refractivity (Wildman–Crippen MR) is 71.2 cm³/mol. The van der Waals surface area contributed by atoms with Gasteiger partial charge in [-0.3, -0.25) is 14.4 Å². The Labute approximate surface area is 109 Å². The molecule has 0 spiro atoms. The minimum atomic E-state index is -0.767. The van der Waals surface area contributed by atoms with Crippen molar-refractivity contribution in [2.75, 3.05) is 5.32 Å². The Balaban J connectivity index is 2.47. The number of aromatic amines is 1. The molecule has 1 rings (SSSR count). The Morgan fingerprint density at radius 1 is 1.47 bits per heavy atom. The number of amides is 2. The lowest BCUT2D eigenvalue weighted by Gasteiger charge is -2.10. The topological polar surface area (TPSA) is 131 Å². The van der Waals surface area contributed by atoms with Gasteiger partial charge >= 0.3 is 0 Å². The molecule has 0 saturated heterocycles. The molecule has 2 amide bonds. The number of nitrogens with two attached hydrogens (primary N) is 2. The van der Waals surface area contributed by atoms with Crippen molar-refractivity contribution in [2.45, 2.75) is 18.9 Å². The van der Waals surface area contributed by atoms with Crippen molar-refractivity contribution in [2.24, 2.45) is 11.5 Å². The van der Waals surface area contributed by atoms with Gasteiger partial charge in [0.25, 0.3) is 5.56 Å². The van der Waals surface area contributed by atoms with Crippen molar-refractivity contribution in [3.8, 4) is 0 Å². The number of H-pyrrole nitrogens is 1. The van der Waals surface area contributed by atoms with Crippen LogP contribution in [0, 0.1) is 0 Å². The fourth-order valence-corrected chi connectivity index (χ4v) is 1.35. The van der Waals surface area contributed by atoms with Crippen LogP contribution in [0.5, 0.6) is 0 Å². The van der Waals surface area contributed by atoms with Gasteiger partial charge < -0.3 is 21.8 Å². The van der Waals surface area contributed by atoms with E-state index in [1.807, 2.05) is 0 Å². The van der Waals surface area contributed by atoms with Gasteiger partial charge in [0.2, 0.25) is 11.8 Å². The minimum absolute atomic E-state index is 0.149. The predicted octanol–water partition coefficient (Wildman–Crippen LogP) is -0.538. The van der Waals surface area contributed by atoms with E-state index in [0.29, 0.717) is 12.8 Å². The number of carbonyl (C=O) groups excluding carboxylic acids is 2. The highest BCUT2D eigenvalue weighted by Crippen LogP contribution is 2.01. The molecule has 0 radical (unpaired) electrons. The summed E-state index contributed by atoms with van der Waals surface area (Å²) in [7, 11) is 0. The highest BCUT2D eigenvalue weighted by molar-refractivity contribution is 5.94. The van der Waals surface area contributed by atoms with Gasteiger partial charge in [0.05, 0.1) is 6.04 Å². The van der Waals surface area contributed by atoms with E-state index >= 15 is 0 Å². The third-order valence-electron chi connectivity index (χ3n) is 2.34. The molecule has 0 bridgehead atoms. The molecule has 7 nitrogen and oxygen atoms in total. The maximum atomic E-state index is 11.7. The summed E-state index contributed by atoms with van der Waals surface area (Å²) in [5.74, 6) is -1.00. The molecule has 1 aromatic rings. The molecule has 1 aromatic heterocycles. The van der Waals surface area contributed by atoms with Crippen LogP contribution < -0.4 is 22.3 Å². The minimum Gasteiger partial charge on any atom is -0.366 e. The first kappa shape index (κ1) is 14.7. The van der Waals surface area contributed by atoms with E-state index in [2.05, 4.69) is 10.3 Å². The van der Waals surface area contributed by atoms with Gasteiger partial charge in [-0.15, -0.1) is 0 Å². The van der Waals surface area contributed by atoms with Crippen molar-refractivity contribution in [1.82, 2.24) is 4.98 Å². The van der Waals surface area contributed by atoms with Gasteiger partial charge in [0.15, 0.2) is 0 Å². The lowest BCUT2D eigenvalue weighted by atomic mass is 10.1. The molecule has 6 N–H and O–H groups in total. The van der Waals surface area contributed by atoms with E-state index in [1.165, 1.54) is 18.3 Å². The van der Waals surface area contributed by atoms with Crippen LogP contribution in [0.15, 0.2) is 35.3 Å². The Morgan fingerprint density at radius 2 is 2.21 bits per heavy atom. The van der Waals surface area contributed by atoms with Crippen LogP contribution in [0.2, 0.25) is 0 Å². The van der Waals surface area contributed by atoms with Crippen LogP contribution in [0.4, 0.5) is 5.69 Å². The zero-order chi connectivity index (χ0) is 14.3. The SMILES string of the molecule is NC(=O)/C=C/CC[C@H](N)C(=O)Nc1ccc[nH]c1=O. The summed E-state index contributed by atoms with van der Waals surface area (Å²) < 4.78 is 0. The standard InChI is InChI=1S/C12H16N4O3/c13-8(4-1-2-6-10(14)17)11(18)16-9-5-3-7-15-12(9)19/h2-3,5-8H,1,4,13H2,(H2,14,17)(H,15,19)(H,16,18)/b6-2+/t8-/m0/s1. The van der Waals surface area contributed by atoms with Gasteiger partial charge in [-0.2, -0.15) is 0 Å². The number of hydrogen-bond donors (Lipinski definition) is 4.